The summed E-state index contributed by atoms with van der Waals surface area (Å²) in [6.07, 6.45) is 4.23. The second kappa shape index (κ2) is 3.84. The molecule has 0 radical (unpaired) electrons. The summed E-state index contributed by atoms with van der Waals surface area (Å²) in [6.45, 7) is 1.04. The first kappa shape index (κ1) is 9.89. The molecule has 5 nitrogen and oxygen atoms in total. The van der Waals surface area contributed by atoms with E-state index >= 15 is 0 Å². The molecule has 0 atom stereocenters. The van der Waals surface area contributed by atoms with Gasteiger partial charge in [0.25, 0.3) is 5.91 Å². The molecule has 1 aromatic rings. The standard InChI is InChI=1S/C10H13N3O2/c1-12-6-9(11-7-12)10(15)13-4-2-8(14)3-5-13/h6-7H,2-5H2,1H3. The van der Waals surface area contributed by atoms with Crippen molar-refractivity contribution in [2.45, 2.75) is 12.8 Å². The molecule has 1 fully saturated rings. The Kier molecular flexibility index (Phi) is 2.53. The fraction of sp³-hybridized carbons (Fsp3) is 0.500. The molecule has 2 heterocycles. The Morgan fingerprint density at radius 1 is 1.40 bits per heavy atom. The molecule has 0 spiro atoms. The van der Waals surface area contributed by atoms with Crippen molar-refractivity contribution < 1.29 is 9.59 Å². The number of rotatable bonds is 1. The molecule has 0 aliphatic carbocycles. The largest absolute Gasteiger partial charge is 0.340 e. The minimum Gasteiger partial charge on any atom is -0.340 e. The van der Waals surface area contributed by atoms with E-state index in [1.165, 1.54) is 0 Å². The normalized spacial score (nSPS) is 16.9. The SMILES string of the molecule is Cn1cnc(C(=O)N2CCC(=O)CC2)c1. The van der Waals surface area contributed by atoms with E-state index in [9.17, 15) is 9.59 Å². The van der Waals surface area contributed by atoms with Gasteiger partial charge in [-0.2, -0.15) is 0 Å². The monoisotopic (exact) mass is 207 g/mol. The maximum Gasteiger partial charge on any atom is 0.274 e. The van der Waals surface area contributed by atoms with Crippen molar-refractivity contribution >= 4 is 11.7 Å². The highest BCUT2D eigenvalue weighted by Crippen LogP contribution is 2.09. The highest BCUT2D eigenvalue weighted by atomic mass is 16.2. The second-order valence-electron chi connectivity index (χ2n) is 3.76. The van der Waals surface area contributed by atoms with Crippen LogP contribution >= 0.6 is 0 Å². The fourth-order valence-electron chi connectivity index (χ4n) is 1.64. The zero-order chi connectivity index (χ0) is 10.8. The van der Waals surface area contributed by atoms with Gasteiger partial charge in [-0.05, 0) is 0 Å². The lowest BCUT2D eigenvalue weighted by atomic mass is 10.1. The molecule has 2 rings (SSSR count). The van der Waals surface area contributed by atoms with Gasteiger partial charge in [0.15, 0.2) is 0 Å². The summed E-state index contributed by atoms with van der Waals surface area (Å²) in [5.41, 5.74) is 0.451. The Morgan fingerprint density at radius 3 is 2.60 bits per heavy atom. The van der Waals surface area contributed by atoms with Crippen LogP contribution in [0.3, 0.4) is 0 Å². The minimum atomic E-state index is -0.0805. The predicted octanol–water partition coefficient (Wildman–Crippen LogP) is 0.225. The van der Waals surface area contributed by atoms with Crippen molar-refractivity contribution in [1.29, 1.82) is 0 Å². The van der Waals surface area contributed by atoms with Crippen LogP contribution in [0.2, 0.25) is 0 Å². The molecule has 1 saturated heterocycles. The number of Topliss-reactive ketones (excluding diaryl/α,β-unsaturated/α-hetero) is 1. The molecular formula is C10H13N3O2. The molecule has 80 valence electrons. The average Bonchev–Trinajstić information content (AvgIpc) is 2.65. The number of hydrogen-bond donors (Lipinski definition) is 0. The number of imidazole rings is 1. The van der Waals surface area contributed by atoms with E-state index in [4.69, 9.17) is 0 Å². The first-order valence-electron chi connectivity index (χ1n) is 4.96. The van der Waals surface area contributed by atoms with Crippen molar-refractivity contribution in [3.05, 3.63) is 18.2 Å². The van der Waals surface area contributed by atoms with Gasteiger partial charge in [-0.3, -0.25) is 9.59 Å². The molecule has 0 saturated carbocycles. The molecule has 1 aliphatic heterocycles. The van der Waals surface area contributed by atoms with Crippen LogP contribution in [0.25, 0.3) is 0 Å². The number of carbonyl (C=O) groups excluding carboxylic acids is 2. The van der Waals surface area contributed by atoms with E-state index in [2.05, 4.69) is 4.98 Å². The van der Waals surface area contributed by atoms with Gasteiger partial charge in [0.05, 0.1) is 6.33 Å². The first-order valence-corrected chi connectivity index (χ1v) is 4.96. The van der Waals surface area contributed by atoms with Crippen molar-refractivity contribution in [2.24, 2.45) is 7.05 Å². The van der Waals surface area contributed by atoms with Crippen molar-refractivity contribution in [1.82, 2.24) is 14.5 Å². The maximum atomic E-state index is 11.9. The third kappa shape index (κ3) is 2.06. The van der Waals surface area contributed by atoms with Crippen LogP contribution in [-0.4, -0.2) is 39.2 Å². The summed E-state index contributed by atoms with van der Waals surface area (Å²) in [6, 6.07) is 0. The van der Waals surface area contributed by atoms with Crippen LogP contribution < -0.4 is 0 Å². The Morgan fingerprint density at radius 2 is 2.07 bits per heavy atom. The van der Waals surface area contributed by atoms with E-state index in [-0.39, 0.29) is 11.7 Å². The van der Waals surface area contributed by atoms with Gasteiger partial charge in [0.2, 0.25) is 0 Å². The smallest absolute Gasteiger partial charge is 0.274 e. The summed E-state index contributed by atoms with van der Waals surface area (Å²) < 4.78 is 1.74. The average molecular weight is 207 g/mol. The molecule has 0 unspecified atom stereocenters. The lowest BCUT2D eigenvalue weighted by molar-refractivity contribution is -0.120. The van der Waals surface area contributed by atoms with E-state index < -0.39 is 0 Å². The van der Waals surface area contributed by atoms with Crippen LogP contribution in [0.4, 0.5) is 0 Å². The zero-order valence-electron chi connectivity index (χ0n) is 8.64. The molecule has 15 heavy (non-hydrogen) atoms. The molecule has 0 aromatic carbocycles. The number of nitrogens with zero attached hydrogens (tertiary/aromatic N) is 3. The topological polar surface area (TPSA) is 55.2 Å². The molecule has 1 aliphatic rings. The zero-order valence-corrected chi connectivity index (χ0v) is 8.64. The molecule has 0 N–H and O–H groups in total. The Bertz CT molecular complexity index is 387. The lowest BCUT2D eigenvalue weighted by Crippen LogP contribution is -2.38. The number of aromatic nitrogens is 2. The Hall–Kier alpha value is -1.65. The van der Waals surface area contributed by atoms with Crippen molar-refractivity contribution in [2.75, 3.05) is 13.1 Å². The second-order valence-corrected chi connectivity index (χ2v) is 3.76. The Labute approximate surface area is 87.7 Å². The van der Waals surface area contributed by atoms with Crippen molar-refractivity contribution in [3.8, 4) is 0 Å². The predicted molar refractivity (Wildman–Crippen MR) is 53.4 cm³/mol. The summed E-state index contributed by atoms with van der Waals surface area (Å²) in [5.74, 6) is 0.156. The van der Waals surface area contributed by atoms with Gasteiger partial charge in [-0.15, -0.1) is 0 Å². The van der Waals surface area contributed by atoms with Gasteiger partial charge in [-0.25, -0.2) is 4.98 Å². The third-order valence-corrected chi connectivity index (χ3v) is 2.53. The number of carbonyl (C=O) groups is 2. The fourth-order valence-corrected chi connectivity index (χ4v) is 1.64. The minimum absolute atomic E-state index is 0.0805. The molecule has 1 amide bonds. The number of aryl methyl sites for hydroxylation is 1. The molecule has 0 bridgehead atoms. The summed E-state index contributed by atoms with van der Waals surface area (Å²) in [7, 11) is 1.82. The molecule has 5 heteroatoms. The van der Waals surface area contributed by atoms with Crippen LogP contribution in [0.5, 0.6) is 0 Å². The van der Waals surface area contributed by atoms with E-state index in [0.29, 0.717) is 31.6 Å². The molecular weight excluding hydrogens is 194 g/mol. The van der Waals surface area contributed by atoms with Crippen LogP contribution in [0, 0.1) is 0 Å². The van der Waals surface area contributed by atoms with Crippen LogP contribution in [0.15, 0.2) is 12.5 Å². The van der Waals surface area contributed by atoms with Gasteiger partial charge in [0, 0.05) is 39.2 Å². The third-order valence-electron chi connectivity index (χ3n) is 2.53. The molecule has 1 aromatic heterocycles. The maximum absolute atomic E-state index is 11.9. The lowest BCUT2D eigenvalue weighted by Gasteiger charge is -2.25. The number of hydrogen-bond acceptors (Lipinski definition) is 3. The van der Waals surface area contributed by atoms with Gasteiger partial charge in [0.1, 0.15) is 11.5 Å². The van der Waals surface area contributed by atoms with Gasteiger partial charge in [-0.1, -0.05) is 0 Å². The summed E-state index contributed by atoms with van der Waals surface area (Å²) in [5, 5.41) is 0. The highest BCUT2D eigenvalue weighted by Gasteiger charge is 2.22. The number of piperidine rings is 1. The number of ketones is 1. The van der Waals surface area contributed by atoms with Crippen molar-refractivity contribution in [3.63, 3.8) is 0 Å². The van der Waals surface area contributed by atoms with E-state index in [1.807, 2.05) is 7.05 Å². The summed E-state index contributed by atoms with van der Waals surface area (Å²) >= 11 is 0. The number of likely N-dealkylation sites (tertiary alicyclic amines) is 1. The summed E-state index contributed by atoms with van der Waals surface area (Å²) in [4.78, 5) is 28.6. The quantitative estimate of drug-likeness (QED) is 0.662. The van der Waals surface area contributed by atoms with Crippen LogP contribution in [-0.2, 0) is 11.8 Å². The highest BCUT2D eigenvalue weighted by molar-refractivity contribution is 5.93. The van der Waals surface area contributed by atoms with E-state index in [0.717, 1.165) is 0 Å². The van der Waals surface area contributed by atoms with E-state index in [1.54, 1.807) is 22.0 Å². The van der Waals surface area contributed by atoms with Crippen LogP contribution in [0.1, 0.15) is 23.3 Å². The van der Waals surface area contributed by atoms with Gasteiger partial charge < -0.3 is 9.47 Å². The first-order chi connectivity index (χ1) is 7.16. The Balaban J connectivity index is 2.05. The van der Waals surface area contributed by atoms with Gasteiger partial charge >= 0.3 is 0 Å². The number of amides is 1.